The molecule has 0 unspecified atom stereocenters. The van der Waals surface area contributed by atoms with Crippen LogP contribution in [0.2, 0.25) is 0 Å². The van der Waals surface area contributed by atoms with Gasteiger partial charge in [0.2, 0.25) is 0 Å². The van der Waals surface area contributed by atoms with Crippen LogP contribution in [-0.2, 0) is 10.5 Å². The van der Waals surface area contributed by atoms with Crippen LogP contribution in [0.4, 0.5) is 4.39 Å². The minimum Gasteiger partial charge on any atom is -0.298 e. The van der Waals surface area contributed by atoms with Crippen molar-refractivity contribution in [1.29, 1.82) is 0 Å². The number of rotatable bonds is 6. The fraction of sp³-hybridized carbons (Fsp3) is 0.400. The van der Waals surface area contributed by atoms with Crippen LogP contribution in [0.15, 0.2) is 32.9 Å². The van der Waals surface area contributed by atoms with E-state index in [0.29, 0.717) is 5.75 Å². The van der Waals surface area contributed by atoms with Gasteiger partial charge in [-0.3, -0.25) is 4.79 Å². The van der Waals surface area contributed by atoms with Crippen molar-refractivity contribution in [3.63, 3.8) is 0 Å². The highest BCUT2D eigenvalue weighted by atomic mass is 32.2. The van der Waals surface area contributed by atoms with Gasteiger partial charge in [-0.1, -0.05) is 67.8 Å². The van der Waals surface area contributed by atoms with Gasteiger partial charge in [-0.2, -0.15) is 0 Å². The molecule has 1 aromatic heterocycles. The molecule has 0 bridgehead atoms. The first kappa shape index (κ1) is 17.4. The van der Waals surface area contributed by atoms with Gasteiger partial charge >= 0.3 is 0 Å². The third-order valence-corrected chi connectivity index (χ3v) is 6.09. The molecule has 22 heavy (non-hydrogen) atoms. The zero-order chi connectivity index (χ0) is 16.2. The molecule has 0 saturated carbocycles. The first-order chi connectivity index (χ1) is 10.3. The molecule has 0 radical (unpaired) electrons. The summed E-state index contributed by atoms with van der Waals surface area (Å²) in [6.07, 6.45) is 0. The number of hydrogen-bond donors (Lipinski definition) is 0. The van der Waals surface area contributed by atoms with Crippen molar-refractivity contribution in [2.75, 3.05) is 5.75 Å². The summed E-state index contributed by atoms with van der Waals surface area (Å²) in [5.74, 6) is 1.11. The van der Waals surface area contributed by atoms with Crippen LogP contribution >= 0.6 is 34.9 Å². The number of carbonyl (C=O) groups excluding carboxylic acids is 1. The number of aromatic nitrogens is 2. The Bertz CT molecular complexity index is 635. The van der Waals surface area contributed by atoms with Crippen LogP contribution in [0, 0.1) is 11.2 Å². The summed E-state index contributed by atoms with van der Waals surface area (Å²) in [6.45, 7) is 5.75. The molecule has 0 aliphatic rings. The molecule has 0 aliphatic carbocycles. The van der Waals surface area contributed by atoms with E-state index in [-0.39, 0.29) is 17.0 Å². The molecule has 1 aromatic carbocycles. The summed E-state index contributed by atoms with van der Waals surface area (Å²) in [5.41, 5.74) is 0.719. The lowest BCUT2D eigenvalue weighted by atomic mass is 9.92. The summed E-state index contributed by atoms with van der Waals surface area (Å²) in [6, 6.07) is 6.44. The molecule has 0 spiro atoms. The number of halogens is 1. The molecular weight excluding hydrogens is 339 g/mol. The third kappa shape index (κ3) is 5.37. The molecule has 0 atom stereocenters. The highest BCUT2D eigenvalue weighted by Gasteiger charge is 2.21. The van der Waals surface area contributed by atoms with Crippen molar-refractivity contribution in [1.82, 2.24) is 10.2 Å². The van der Waals surface area contributed by atoms with E-state index in [2.05, 4.69) is 10.2 Å². The topological polar surface area (TPSA) is 42.9 Å². The Balaban J connectivity index is 1.84. The summed E-state index contributed by atoms with van der Waals surface area (Å²) >= 11 is 4.48. The van der Waals surface area contributed by atoms with E-state index in [0.717, 1.165) is 20.0 Å². The zero-order valence-electron chi connectivity index (χ0n) is 12.6. The van der Waals surface area contributed by atoms with E-state index in [9.17, 15) is 9.18 Å². The first-order valence-corrected chi connectivity index (χ1v) is 9.50. The predicted molar refractivity (Wildman–Crippen MR) is 91.1 cm³/mol. The van der Waals surface area contributed by atoms with Crippen LogP contribution in [0.1, 0.15) is 26.3 Å². The second-order valence-electron chi connectivity index (χ2n) is 5.71. The number of benzene rings is 1. The number of ketones is 1. The number of hydrogen-bond acceptors (Lipinski definition) is 6. The van der Waals surface area contributed by atoms with Crippen molar-refractivity contribution in [2.45, 2.75) is 35.2 Å². The minimum atomic E-state index is -0.322. The summed E-state index contributed by atoms with van der Waals surface area (Å²) < 4.78 is 14.5. The molecule has 7 heteroatoms. The van der Waals surface area contributed by atoms with Crippen LogP contribution in [0.25, 0.3) is 0 Å². The van der Waals surface area contributed by atoms with Gasteiger partial charge in [-0.25, -0.2) is 4.39 Å². The minimum absolute atomic E-state index is 0.202. The van der Waals surface area contributed by atoms with Crippen molar-refractivity contribution in [2.24, 2.45) is 5.41 Å². The third-order valence-electron chi connectivity index (χ3n) is 2.83. The van der Waals surface area contributed by atoms with E-state index < -0.39 is 0 Å². The van der Waals surface area contributed by atoms with E-state index in [1.807, 2.05) is 20.8 Å². The number of Topliss-reactive ketones (excluding diaryl/α,β-unsaturated/α-hetero) is 1. The Morgan fingerprint density at radius 2 is 1.73 bits per heavy atom. The van der Waals surface area contributed by atoms with Gasteiger partial charge < -0.3 is 0 Å². The largest absolute Gasteiger partial charge is 0.298 e. The molecule has 2 aromatic rings. The Kier molecular flexibility index (Phi) is 6.00. The van der Waals surface area contributed by atoms with Crippen LogP contribution in [0.5, 0.6) is 0 Å². The van der Waals surface area contributed by atoms with Gasteiger partial charge in [0.05, 0.1) is 5.75 Å². The molecule has 0 N–H and O–H groups in total. The summed E-state index contributed by atoms with van der Waals surface area (Å²) in [7, 11) is 0. The molecule has 2 rings (SSSR count). The smallest absolute Gasteiger partial charge is 0.175 e. The van der Waals surface area contributed by atoms with Crippen molar-refractivity contribution in [3.8, 4) is 0 Å². The van der Waals surface area contributed by atoms with Crippen LogP contribution < -0.4 is 0 Å². The molecule has 0 saturated heterocycles. The highest BCUT2D eigenvalue weighted by molar-refractivity contribution is 8.03. The Hall–Kier alpha value is -0.920. The average Bonchev–Trinajstić information content (AvgIpc) is 2.91. The van der Waals surface area contributed by atoms with E-state index in [1.54, 1.807) is 23.9 Å². The van der Waals surface area contributed by atoms with Crippen LogP contribution in [-0.4, -0.2) is 21.7 Å². The predicted octanol–water partition coefficient (Wildman–Crippen LogP) is 4.68. The number of nitrogens with zero attached hydrogens (tertiary/aromatic N) is 2. The second kappa shape index (κ2) is 7.57. The van der Waals surface area contributed by atoms with Gasteiger partial charge in [-0.15, -0.1) is 10.2 Å². The first-order valence-electron chi connectivity index (χ1n) is 6.71. The molecule has 0 fully saturated rings. The van der Waals surface area contributed by atoms with E-state index in [1.165, 1.54) is 35.2 Å². The number of carbonyl (C=O) groups is 1. The normalized spacial score (nSPS) is 11.6. The van der Waals surface area contributed by atoms with Gasteiger partial charge in [-0.05, 0) is 17.7 Å². The van der Waals surface area contributed by atoms with Crippen molar-refractivity contribution in [3.05, 3.63) is 35.6 Å². The second-order valence-corrected chi connectivity index (χ2v) is 9.13. The SMILES string of the molecule is CC(C)(C)C(=O)CSc1nnc(SCc2ccc(F)cc2)s1. The van der Waals surface area contributed by atoms with Gasteiger partial charge in [0.15, 0.2) is 8.68 Å². The zero-order valence-corrected chi connectivity index (χ0v) is 15.1. The van der Waals surface area contributed by atoms with Gasteiger partial charge in [0, 0.05) is 11.2 Å². The fourth-order valence-electron chi connectivity index (χ4n) is 1.38. The maximum Gasteiger partial charge on any atom is 0.175 e. The van der Waals surface area contributed by atoms with E-state index >= 15 is 0 Å². The quantitative estimate of drug-likeness (QED) is 0.703. The highest BCUT2D eigenvalue weighted by Crippen LogP contribution is 2.31. The van der Waals surface area contributed by atoms with Crippen molar-refractivity contribution < 1.29 is 9.18 Å². The standard InChI is InChI=1S/C15H17FN2OS3/c1-15(2,3)12(19)9-21-14-18-17-13(22-14)20-8-10-4-6-11(16)7-5-10/h4-7H,8-9H2,1-3H3. The fourth-order valence-corrected chi connectivity index (χ4v) is 4.52. The average molecular weight is 357 g/mol. The molecular formula is C15H17FN2OS3. The molecule has 3 nitrogen and oxygen atoms in total. The molecule has 1 heterocycles. The van der Waals surface area contributed by atoms with Crippen molar-refractivity contribution >= 4 is 40.6 Å². The summed E-state index contributed by atoms with van der Waals surface area (Å²) in [5, 5.41) is 8.21. The maximum absolute atomic E-state index is 12.8. The Morgan fingerprint density at radius 3 is 2.32 bits per heavy atom. The van der Waals surface area contributed by atoms with Gasteiger partial charge in [0.25, 0.3) is 0 Å². The van der Waals surface area contributed by atoms with E-state index in [4.69, 9.17) is 0 Å². The Morgan fingerprint density at radius 1 is 1.14 bits per heavy atom. The monoisotopic (exact) mass is 356 g/mol. The lowest BCUT2D eigenvalue weighted by Crippen LogP contribution is -2.21. The lowest BCUT2D eigenvalue weighted by Gasteiger charge is -2.15. The molecule has 0 amide bonds. The van der Waals surface area contributed by atoms with Crippen LogP contribution in [0.3, 0.4) is 0 Å². The molecule has 118 valence electrons. The van der Waals surface area contributed by atoms with Gasteiger partial charge in [0.1, 0.15) is 11.6 Å². The lowest BCUT2D eigenvalue weighted by molar-refractivity contribution is -0.123. The Labute approximate surface area is 142 Å². The summed E-state index contributed by atoms with van der Waals surface area (Å²) in [4.78, 5) is 11.9. The maximum atomic E-state index is 12.8. The molecule has 0 aliphatic heterocycles. The number of thioether (sulfide) groups is 2.